The first-order valence-corrected chi connectivity index (χ1v) is 13.1. The Hall–Kier alpha value is -4.56. The number of para-hydroxylation sites is 2. The van der Waals surface area contributed by atoms with Gasteiger partial charge in [-0.25, -0.2) is 0 Å². The van der Waals surface area contributed by atoms with Crippen molar-refractivity contribution >= 4 is 21.8 Å². The van der Waals surface area contributed by atoms with Gasteiger partial charge in [0.15, 0.2) is 5.82 Å². The van der Waals surface area contributed by atoms with E-state index in [9.17, 15) is 0 Å². The molecule has 0 spiro atoms. The summed E-state index contributed by atoms with van der Waals surface area (Å²) in [6.07, 6.45) is 6.33. The van der Waals surface area contributed by atoms with Crippen molar-refractivity contribution in [1.82, 2.24) is 24.7 Å². The molecule has 0 saturated carbocycles. The van der Waals surface area contributed by atoms with Crippen LogP contribution >= 0.6 is 0 Å². The Morgan fingerprint density at radius 2 is 1.49 bits per heavy atom. The Labute approximate surface area is 226 Å². The molecular formula is C31H32N6O2. The van der Waals surface area contributed by atoms with Crippen LogP contribution in [0.15, 0.2) is 79.1 Å². The predicted molar refractivity (Wildman–Crippen MR) is 153 cm³/mol. The lowest BCUT2D eigenvalue weighted by atomic mass is 10.0. The molecule has 8 nitrogen and oxygen atoms in total. The number of hydrogen-bond acceptors (Lipinski definition) is 5. The second-order valence-corrected chi connectivity index (χ2v) is 9.77. The molecule has 0 saturated heterocycles. The van der Waals surface area contributed by atoms with Crippen molar-refractivity contribution < 1.29 is 9.47 Å². The number of benzene rings is 3. The molecule has 0 aliphatic heterocycles. The van der Waals surface area contributed by atoms with E-state index >= 15 is 0 Å². The number of aromatic nitrogens is 5. The van der Waals surface area contributed by atoms with Crippen LogP contribution in [0.4, 0.5) is 0 Å². The van der Waals surface area contributed by atoms with Crippen LogP contribution in [0, 0.1) is 0 Å². The molecule has 0 fully saturated rings. The SMILES string of the molecule is COc1ccc(Cn2c(CCc3c[nH]c4ccccc34)nnc2C(N)Cc2c[nH]c3ccccc23)c(OC)c1. The zero-order chi connectivity index (χ0) is 26.8. The maximum Gasteiger partial charge on any atom is 0.150 e. The molecule has 1 unspecified atom stereocenters. The highest BCUT2D eigenvalue weighted by atomic mass is 16.5. The van der Waals surface area contributed by atoms with Gasteiger partial charge >= 0.3 is 0 Å². The average molecular weight is 521 g/mol. The summed E-state index contributed by atoms with van der Waals surface area (Å²) in [4.78, 5) is 6.72. The number of H-pyrrole nitrogens is 2. The van der Waals surface area contributed by atoms with Crippen molar-refractivity contribution in [2.75, 3.05) is 14.2 Å². The first-order chi connectivity index (χ1) is 19.1. The highest BCUT2D eigenvalue weighted by Gasteiger charge is 2.21. The second-order valence-electron chi connectivity index (χ2n) is 9.77. The minimum absolute atomic E-state index is 0.331. The molecule has 3 aromatic carbocycles. The fourth-order valence-electron chi connectivity index (χ4n) is 5.35. The summed E-state index contributed by atoms with van der Waals surface area (Å²) in [5.41, 5.74) is 12.5. The second kappa shape index (κ2) is 10.7. The summed E-state index contributed by atoms with van der Waals surface area (Å²) in [6, 6.07) is 22.2. The predicted octanol–water partition coefficient (Wildman–Crippen LogP) is 5.33. The van der Waals surface area contributed by atoms with Gasteiger partial charge in [0, 0.05) is 52.3 Å². The third-order valence-corrected chi connectivity index (χ3v) is 7.42. The third kappa shape index (κ3) is 4.86. The number of rotatable bonds is 10. The van der Waals surface area contributed by atoms with E-state index in [-0.39, 0.29) is 6.04 Å². The minimum Gasteiger partial charge on any atom is -0.497 e. The highest BCUT2D eigenvalue weighted by Crippen LogP contribution is 2.28. The molecule has 1 atom stereocenters. The average Bonchev–Trinajstić information content (AvgIpc) is 3.69. The van der Waals surface area contributed by atoms with Crippen molar-refractivity contribution in [3.05, 3.63) is 107 Å². The first-order valence-electron chi connectivity index (χ1n) is 13.1. The molecule has 0 bridgehead atoms. The number of aryl methyl sites for hydroxylation is 2. The smallest absolute Gasteiger partial charge is 0.150 e. The zero-order valence-corrected chi connectivity index (χ0v) is 22.1. The molecule has 0 aliphatic carbocycles. The van der Waals surface area contributed by atoms with Crippen molar-refractivity contribution in [3.63, 3.8) is 0 Å². The van der Waals surface area contributed by atoms with Crippen molar-refractivity contribution in [2.45, 2.75) is 31.8 Å². The van der Waals surface area contributed by atoms with Crippen molar-refractivity contribution in [1.29, 1.82) is 0 Å². The van der Waals surface area contributed by atoms with Gasteiger partial charge in [-0.1, -0.05) is 36.4 Å². The van der Waals surface area contributed by atoms with Crippen LogP contribution in [0.3, 0.4) is 0 Å². The molecule has 6 aromatic rings. The van der Waals surface area contributed by atoms with E-state index in [1.54, 1.807) is 14.2 Å². The molecular weight excluding hydrogens is 488 g/mol. The maximum atomic E-state index is 6.83. The molecule has 6 rings (SSSR count). The molecule has 0 radical (unpaired) electrons. The van der Waals surface area contributed by atoms with Crippen LogP contribution in [0.25, 0.3) is 21.8 Å². The molecule has 4 N–H and O–H groups in total. The summed E-state index contributed by atoms with van der Waals surface area (Å²) in [7, 11) is 3.32. The molecule has 0 aliphatic rings. The third-order valence-electron chi connectivity index (χ3n) is 7.42. The largest absolute Gasteiger partial charge is 0.497 e. The Morgan fingerprint density at radius 1 is 0.795 bits per heavy atom. The first kappa shape index (κ1) is 24.8. The topological polar surface area (TPSA) is 107 Å². The summed E-state index contributed by atoms with van der Waals surface area (Å²) in [5.74, 6) is 3.14. The lowest BCUT2D eigenvalue weighted by molar-refractivity contribution is 0.389. The van der Waals surface area contributed by atoms with Gasteiger partial charge < -0.3 is 29.7 Å². The molecule has 8 heteroatoms. The lowest BCUT2D eigenvalue weighted by Crippen LogP contribution is -2.21. The Kier molecular flexibility index (Phi) is 6.77. The van der Waals surface area contributed by atoms with Crippen molar-refractivity contribution in [2.24, 2.45) is 5.73 Å². The van der Waals surface area contributed by atoms with Gasteiger partial charge in [-0.05, 0) is 48.2 Å². The summed E-state index contributed by atoms with van der Waals surface area (Å²) in [6.45, 7) is 0.542. The van der Waals surface area contributed by atoms with Crippen LogP contribution < -0.4 is 15.2 Å². The van der Waals surface area contributed by atoms with Crippen LogP contribution in [0.5, 0.6) is 11.5 Å². The number of hydrogen-bond donors (Lipinski definition) is 3. The van der Waals surface area contributed by atoms with E-state index in [0.717, 1.165) is 58.1 Å². The molecule has 3 heterocycles. The van der Waals surface area contributed by atoms with Gasteiger partial charge in [-0.3, -0.25) is 0 Å². The van der Waals surface area contributed by atoms with Crippen LogP contribution in [0.2, 0.25) is 0 Å². The lowest BCUT2D eigenvalue weighted by Gasteiger charge is -2.17. The molecule has 198 valence electrons. The Bertz CT molecular complexity index is 1730. The fourth-order valence-corrected chi connectivity index (χ4v) is 5.35. The monoisotopic (exact) mass is 520 g/mol. The van der Waals surface area contributed by atoms with E-state index in [1.807, 2.05) is 42.6 Å². The van der Waals surface area contributed by atoms with E-state index in [2.05, 4.69) is 61.3 Å². The van der Waals surface area contributed by atoms with Crippen molar-refractivity contribution in [3.8, 4) is 11.5 Å². The summed E-state index contributed by atoms with van der Waals surface area (Å²) in [5, 5.41) is 11.7. The summed E-state index contributed by atoms with van der Waals surface area (Å²) < 4.78 is 13.3. The van der Waals surface area contributed by atoms with Gasteiger partial charge in [-0.15, -0.1) is 10.2 Å². The van der Waals surface area contributed by atoms with Crippen LogP contribution in [0.1, 0.15) is 34.4 Å². The van der Waals surface area contributed by atoms with Gasteiger partial charge in [0.1, 0.15) is 17.3 Å². The Morgan fingerprint density at radius 3 is 2.21 bits per heavy atom. The van der Waals surface area contributed by atoms with E-state index < -0.39 is 0 Å². The summed E-state index contributed by atoms with van der Waals surface area (Å²) >= 11 is 0. The standard InChI is InChI=1S/C31H32N6O2/c1-38-23-13-11-21(29(16-23)39-2)19-37-30(14-12-20-17-33-27-9-5-3-7-24(20)27)35-36-31(37)26(32)15-22-18-34-28-10-6-4-8-25(22)28/h3-11,13,16-18,26,33-34H,12,14-15,19,32H2,1-2H3. The number of aromatic amines is 2. The number of methoxy groups -OCH3 is 2. The molecule has 3 aromatic heterocycles. The van der Waals surface area contributed by atoms with Crippen LogP contribution in [-0.2, 0) is 25.8 Å². The highest BCUT2D eigenvalue weighted by molar-refractivity contribution is 5.83. The van der Waals surface area contributed by atoms with E-state index in [0.29, 0.717) is 13.0 Å². The number of nitrogens with two attached hydrogens (primary N) is 1. The molecule has 0 amide bonds. The number of nitrogens with one attached hydrogen (secondary N) is 2. The van der Waals surface area contributed by atoms with Gasteiger partial charge in [-0.2, -0.15) is 0 Å². The number of ether oxygens (including phenoxy) is 2. The van der Waals surface area contributed by atoms with E-state index in [1.165, 1.54) is 16.3 Å². The van der Waals surface area contributed by atoms with Gasteiger partial charge in [0.2, 0.25) is 0 Å². The van der Waals surface area contributed by atoms with Gasteiger partial charge in [0.25, 0.3) is 0 Å². The zero-order valence-electron chi connectivity index (χ0n) is 22.1. The normalized spacial score (nSPS) is 12.3. The van der Waals surface area contributed by atoms with Crippen LogP contribution in [-0.4, -0.2) is 39.0 Å². The van der Waals surface area contributed by atoms with Gasteiger partial charge in [0.05, 0.1) is 26.8 Å². The number of nitrogens with zero attached hydrogens (tertiary/aromatic N) is 3. The minimum atomic E-state index is -0.331. The quantitative estimate of drug-likeness (QED) is 0.226. The fraction of sp³-hybridized carbons (Fsp3) is 0.226. The Balaban J connectivity index is 1.33. The molecule has 39 heavy (non-hydrogen) atoms. The number of fused-ring (bicyclic) bond motifs is 2. The maximum absolute atomic E-state index is 6.83. The van der Waals surface area contributed by atoms with E-state index in [4.69, 9.17) is 15.2 Å².